The molecule has 0 aliphatic heterocycles. The monoisotopic (exact) mass is 306 g/mol. The molecule has 0 heterocycles. The van der Waals surface area contributed by atoms with Crippen LogP contribution >= 0.6 is 22.9 Å². The van der Waals surface area contributed by atoms with E-state index in [1.807, 2.05) is 18.2 Å². The first-order valence-corrected chi connectivity index (χ1v) is 5.07. The van der Waals surface area contributed by atoms with E-state index in [1.54, 1.807) is 9.18 Å². The average molecular weight is 306 g/mol. The molecule has 0 bridgehead atoms. The zero-order valence-electron chi connectivity index (χ0n) is 7.48. The number of halogens is 1. The number of hydrogen-bond acceptors (Lipinski definition) is 3. The standard InChI is InChI=1S/C9H11IN2O2/c10-12(6-5-9(13)14)8-4-2-1-3-7(8)11/h1-4H,5-6,11H2,(H,13,14). The van der Waals surface area contributed by atoms with Gasteiger partial charge >= 0.3 is 5.97 Å². The maximum Gasteiger partial charge on any atom is 0.305 e. The van der Waals surface area contributed by atoms with Crippen molar-refractivity contribution in [1.82, 2.24) is 0 Å². The van der Waals surface area contributed by atoms with Crippen LogP contribution < -0.4 is 8.85 Å². The third-order valence-electron chi connectivity index (χ3n) is 1.72. The van der Waals surface area contributed by atoms with Gasteiger partial charge in [0.1, 0.15) is 0 Å². The van der Waals surface area contributed by atoms with Gasteiger partial charge in [0.05, 0.1) is 40.7 Å². The lowest BCUT2D eigenvalue weighted by Gasteiger charge is -2.17. The highest BCUT2D eigenvalue weighted by atomic mass is 127. The van der Waals surface area contributed by atoms with Gasteiger partial charge in [-0.15, -0.1) is 0 Å². The molecule has 0 aliphatic rings. The molecule has 14 heavy (non-hydrogen) atoms. The van der Waals surface area contributed by atoms with Crippen LogP contribution in [0.15, 0.2) is 24.3 Å². The van der Waals surface area contributed by atoms with Crippen LogP contribution in [0.2, 0.25) is 0 Å². The maximum atomic E-state index is 10.4. The van der Waals surface area contributed by atoms with E-state index in [2.05, 4.69) is 22.9 Å². The van der Waals surface area contributed by atoms with Crippen LogP contribution in [0.25, 0.3) is 0 Å². The Morgan fingerprint density at radius 3 is 2.71 bits per heavy atom. The van der Waals surface area contributed by atoms with Crippen LogP contribution in [-0.2, 0) is 4.79 Å². The molecule has 76 valence electrons. The van der Waals surface area contributed by atoms with Gasteiger partial charge in [0, 0.05) is 6.54 Å². The van der Waals surface area contributed by atoms with Gasteiger partial charge in [0.25, 0.3) is 0 Å². The number of rotatable bonds is 4. The number of anilines is 2. The summed E-state index contributed by atoms with van der Waals surface area (Å²) in [6, 6.07) is 7.38. The Morgan fingerprint density at radius 1 is 1.50 bits per heavy atom. The van der Waals surface area contributed by atoms with Crippen molar-refractivity contribution in [1.29, 1.82) is 0 Å². The Labute approximate surface area is 96.2 Å². The Hall–Kier alpha value is -0.980. The van der Waals surface area contributed by atoms with E-state index < -0.39 is 5.97 Å². The molecule has 3 N–H and O–H groups in total. The summed E-state index contributed by atoms with van der Waals surface area (Å²) in [5.74, 6) is -0.804. The fourth-order valence-corrected chi connectivity index (χ4v) is 1.70. The first-order valence-electron chi connectivity index (χ1n) is 4.11. The van der Waals surface area contributed by atoms with E-state index in [4.69, 9.17) is 10.8 Å². The SMILES string of the molecule is Nc1ccccc1N(I)CCC(=O)O. The number of aliphatic carboxylic acids is 1. The molecule has 0 amide bonds. The molecular formula is C9H11IN2O2. The molecule has 1 aromatic carbocycles. The van der Waals surface area contributed by atoms with Crippen LogP contribution in [0.4, 0.5) is 11.4 Å². The van der Waals surface area contributed by atoms with Gasteiger partial charge in [-0.1, -0.05) is 12.1 Å². The van der Waals surface area contributed by atoms with Crippen LogP contribution in [0.3, 0.4) is 0 Å². The molecule has 0 fully saturated rings. The predicted octanol–water partition coefficient (Wildman–Crippen LogP) is 1.90. The van der Waals surface area contributed by atoms with Crippen molar-refractivity contribution >= 4 is 40.2 Å². The molecule has 0 radical (unpaired) electrons. The highest BCUT2D eigenvalue weighted by Gasteiger charge is 2.07. The van der Waals surface area contributed by atoms with Crippen molar-refractivity contribution in [3.05, 3.63) is 24.3 Å². The van der Waals surface area contributed by atoms with Gasteiger partial charge in [-0.05, 0) is 12.1 Å². The molecule has 5 heteroatoms. The first kappa shape index (κ1) is 11.1. The molecule has 0 aliphatic carbocycles. The quantitative estimate of drug-likeness (QED) is 0.506. The van der Waals surface area contributed by atoms with Gasteiger partial charge in [-0.2, -0.15) is 0 Å². The van der Waals surface area contributed by atoms with Crippen molar-refractivity contribution in [2.24, 2.45) is 0 Å². The van der Waals surface area contributed by atoms with E-state index in [-0.39, 0.29) is 6.42 Å². The number of nitrogens with two attached hydrogens (primary N) is 1. The Morgan fingerprint density at radius 2 is 2.14 bits per heavy atom. The third-order valence-corrected chi connectivity index (χ3v) is 2.72. The number of hydrogen-bond donors (Lipinski definition) is 2. The van der Waals surface area contributed by atoms with E-state index in [9.17, 15) is 4.79 Å². The molecule has 4 nitrogen and oxygen atoms in total. The predicted molar refractivity (Wildman–Crippen MR) is 64.5 cm³/mol. The second-order valence-corrected chi connectivity index (χ2v) is 3.95. The first-order chi connectivity index (χ1) is 6.61. The lowest BCUT2D eigenvalue weighted by atomic mass is 10.2. The van der Waals surface area contributed by atoms with Crippen molar-refractivity contribution < 1.29 is 9.90 Å². The number of nitrogen functional groups attached to an aromatic ring is 1. The molecule has 0 saturated heterocycles. The van der Waals surface area contributed by atoms with Crippen LogP contribution in [0, 0.1) is 0 Å². The lowest BCUT2D eigenvalue weighted by Crippen LogP contribution is -2.15. The normalized spacial score (nSPS) is 9.79. The summed E-state index contributed by atoms with van der Waals surface area (Å²) >= 11 is 2.06. The Balaban J connectivity index is 2.65. The third kappa shape index (κ3) is 3.06. The Bertz CT molecular complexity index is 330. The number of benzene rings is 1. The molecule has 0 unspecified atom stereocenters. The number of carboxylic acid groups (broad SMARTS) is 1. The highest BCUT2D eigenvalue weighted by Crippen LogP contribution is 2.25. The van der Waals surface area contributed by atoms with Gasteiger partial charge in [-0.25, -0.2) is 0 Å². The lowest BCUT2D eigenvalue weighted by molar-refractivity contribution is -0.136. The topological polar surface area (TPSA) is 66.6 Å². The number of carboxylic acids is 1. The molecular weight excluding hydrogens is 295 g/mol. The summed E-state index contributed by atoms with van der Waals surface area (Å²) in [6.45, 7) is 0.449. The second-order valence-electron chi connectivity index (χ2n) is 2.79. The van der Waals surface area contributed by atoms with Crippen molar-refractivity contribution in [3.63, 3.8) is 0 Å². The van der Waals surface area contributed by atoms with E-state index in [1.165, 1.54) is 0 Å². The van der Waals surface area contributed by atoms with Gasteiger partial charge in [-0.3, -0.25) is 4.79 Å². The molecule has 0 aromatic heterocycles. The largest absolute Gasteiger partial charge is 0.481 e. The van der Waals surface area contributed by atoms with Crippen molar-refractivity contribution in [3.8, 4) is 0 Å². The van der Waals surface area contributed by atoms with E-state index in [0.29, 0.717) is 12.2 Å². The van der Waals surface area contributed by atoms with Gasteiger partial charge in [0.15, 0.2) is 0 Å². The van der Waals surface area contributed by atoms with Crippen molar-refractivity contribution in [2.45, 2.75) is 6.42 Å². The van der Waals surface area contributed by atoms with E-state index in [0.717, 1.165) is 5.69 Å². The fraction of sp³-hybridized carbons (Fsp3) is 0.222. The van der Waals surface area contributed by atoms with Crippen LogP contribution in [0.5, 0.6) is 0 Å². The molecule has 1 aromatic rings. The maximum absolute atomic E-state index is 10.4. The highest BCUT2D eigenvalue weighted by molar-refractivity contribution is 14.1. The minimum Gasteiger partial charge on any atom is -0.481 e. The number of carbonyl (C=O) groups is 1. The summed E-state index contributed by atoms with van der Waals surface area (Å²) in [7, 11) is 0. The summed E-state index contributed by atoms with van der Waals surface area (Å²) in [4.78, 5) is 10.4. The molecule has 1 rings (SSSR count). The summed E-state index contributed by atoms with van der Waals surface area (Å²) < 4.78 is 1.81. The summed E-state index contributed by atoms with van der Waals surface area (Å²) in [5, 5.41) is 8.52. The van der Waals surface area contributed by atoms with Crippen molar-refractivity contribution in [2.75, 3.05) is 15.4 Å². The van der Waals surface area contributed by atoms with Gasteiger partial charge in [0.2, 0.25) is 0 Å². The molecule has 0 atom stereocenters. The zero-order chi connectivity index (χ0) is 10.6. The van der Waals surface area contributed by atoms with Crippen LogP contribution in [-0.4, -0.2) is 17.6 Å². The summed E-state index contributed by atoms with van der Waals surface area (Å²) in [6.07, 6.45) is 0.108. The summed E-state index contributed by atoms with van der Waals surface area (Å²) in [5.41, 5.74) is 7.25. The minimum absolute atomic E-state index is 0.108. The number of para-hydroxylation sites is 2. The molecule has 0 saturated carbocycles. The van der Waals surface area contributed by atoms with Crippen LogP contribution in [0.1, 0.15) is 6.42 Å². The fourth-order valence-electron chi connectivity index (χ4n) is 1.02. The Kier molecular flexibility index (Phi) is 3.99. The molecule has 0 spiro atoms. The minimum atomic E-state index is -0.804. The van der Waals surface area contributed by atoms with E-state index >= 15 is 0 Å². The van der Waals surface area contributed by atoms with Gasteiger partial charge < -0.3 is 14.0 Å². The zero-order valence-corrected chi connectivity index (χ0v) is 9.64. The second kappa shape index (κ2) is 5.04. The number of nitrogens with zero attached hydrogens (tertiary/aromatic N) is 1. The smallest absolute Gasteiger partial charge is 0.305 e. The average Bonchev–Trinajstić information content (AvgIpc) is 2.15.